The molecule has 0 saturated heterocycles. The molecule has 32 heavy (non-hydrogen) atoms. The van der Waals surface area contributed by atoms with Gasteiger partial charge >= 0.3 is 5.97 Å². The molecule has 10 heteroatoms. The van der Waals surface area contributed by atoms with Gasteiger partial charge in [-0.15, -0.1) is 0 Å². The fraction of sp³-hybridized carbons (Fsp3) is 0.682. The molecule has 0 aromatic carbocycles. The lowest BCUT2D eigenvalue weighted by Crippen LogP contribution is -2.24. The van der Waals surface area contributed by atoms with Crippen LogP contribution < -0.4 is 0 Å². The fourth-order valence-corrected chi connectivity index (χ4v) is 4.58. The largest absolute Gasteiger partial charge is 0.481 e. The summed E-state index contributed by atoms with van der Waals surface area (Å²) in [6.45, 7) is 16.1. The minimum atomic E-state index is -1.14. The van der Waals surface area contributed by atoms with Crippen LogP contribution in [0.5, 0.6) is 0 Å². The fourth-order valence-electron chi connectivity index (χ4n) is 3.07. The summed E-state index contributed by atoms with van der Waals surface area (Å²) >= 11 is 0. The lowest BCUT2D eigenvalue weighted by molar-refractivity contribution is -0.141. The molecule has 8 nitrogen and oxygen atoms in total. The number of aromatic nitrogens is 4. The number of carboxylic acid groups (broad SMARTS) is 1. The van der Waals surface area contributed by atoms with Crippen LogP contribution in [0.1, 0.15) is 11.6 Å². The quantitative estimate of drug-likeness (QED) is 0.304. The average Bonchev–Trinajstić information content (AvgIpc) is 3.29. The third-order valence-electron chi connectivity index (χ3n) is 5.26. The van der Waals surface area contributed by atoms with Crippen molar-refractivity contribution in [2.75, 3.05) is 13.2 Å². The predicted octanol–water partition coefficient (Wildman–Crippen LogP) is 4.19. The van der Waals surface area contributed by atoms with Crippen LogP contribution in [0.15, 0.2) is 24.8 Å². The van der Waals surface area contributed by atoms with Gasteiger partial charge in [0.05, 0.1) is 5.92 Å². The van der Waals surface area contributed by atoms with Gasteiger partial charge in [0.2, 0.25) is 0 Å². The van der Waals surface area contributed by atoms with E-state index in [1.165, 1.54) is 0 Å². The first-order valence-corrected chi connectivity index (χ1v) is 18.7. The summed E-state index contributed by atoms with van der Waals surface area (Å²) in [5.41, 5.74) is 0. The molecule has 2 heterocycles. The van der Waals surface area contributed by atoms with Crippen LogP contribution in [0.4, 0.5) is 0 Å². The molecule has 1 N–H and O–H groups in total. The molecule has 0 unspecified atom stereocenters. The van der Waals surface area contributed by atoms with Gasteiger partial charge < -0.3 is 23.7 Å². The monoisotopic (exact) mass is 480 g/mol. The molecule has 0 radical (unpaired) electrons. The van der Waals surface area contributed by atoms with Crippen LogP contribution in [0, 0.1) is 5.92 Å². The first-order chi connectivity index (χ1) is 14.9. The van der Waals surface area contributed by atoms with E-state index in [1.807, 2.05) is 21.5 Å². The van der Waals surface area contributed by atoms with Crippen LogP contribution >= 0.6 is 0 Å². The zero-order chi connectivity index (χ0) is 23.8. The Kier molecular flexibility index (Phi) is 9.87. The van der Waals surface area contributed by atoms with Crippen LogP contribution in [0.2, 0.25) is 51.4 Å². The van der Waals surface area contributed by atoms with Gasteiger partial charge in [0, 0.05) is 67.0 Å². The Morgan fingerprint density at radius 2 is 1.28 bits per heavy atom. The molecular formula is C22H40N4O4Si2. The second-order valence-electron chi connectivity index (χ2n) is 10.8. The molecule has 2 aromatic heterocycles. The van der Waals surface area contributed by atoms with E-state index in [4.69, 9.17) is 9.47 Å². The van der Waals surface area contributed by atoms with E-state index < -0.39 is 28.0 Å². The smallest absolute Gasteiger partial charge is 0.307 e. The van der Waals surface area contributed by atoms with Crippen molar-refractivity contribution in [3.05, 3.63) is 36.4 Å². The van der Waals surface area contributed by atoms with Gasteiger partial charge in [-0.1, -0.05) is 39.3 Å². The van der Waals surface area contributed by atoms with E-state index in [0.717, 1.165) is 23.7 Å². The second-order valence-corrected chi connectivity index (χ2v) is 22.0. The number of hydrogen-bond acceptors (Lipinski definition) is 5. The van der Waals surface area contributed by atoms with Gasteiger partial charge in [0.25, 0.3) is 0 Å². The number of hydrogen-bond donors (Lipinski definition) is 1. The molecule has 0 aliphatic rings. The molecule has 0 fully saturated rings. The van der Waals surface area contributed by atoms with Gasteiger partial charge in [-0.2, -0.15) is 0 Å². The molecule has 2 aromatic rings. The maximum atomic E-state index is 12.0. The van der Waals surface area contributed by atoms with Crippen LogP contribution in [-0.2, 0) is 40.6 Å². The number of aliphatic carboxylic acids is 1. The highest BCUT2D eigenvalue weighted by atomic mass is 28.3. The Bertz CT molecular complexity index is 777. The van der Waals surface area contributed by atoms with Gasteiger partial charge in [-0.3, -0.25) is 4.79 Å². The van der Waals surface area contributed by atoms with E-state index in [2.05, 4.69) is 49.3 Å². The summed E-state index contributed by atoms with van der Waals surface area (Å²) < 4.78 is 15.4. The van der Waals surface area contributed by atoms with Crippen LogP contribution in [0.25, 0.3) is 0 Å². The molecular weight excluding hydrogens is 440 g/mol. The molecule has 0 atom stereocenters. The molecule has 0 amide bonds. The molecule has 2 rings (SSSR count). The third-order valence-corrected chi connectivity index (χ3v) is 8.67. The van der Waals surface area contributed by atoms with Crippen LogP contribution in [-0.4, -0.2) is 59.5 Å². The maximum absolute atomic E-state index is 12.0. The van der Waals surface area contributed by atoms with E-state index in [0.29, 0.717) is 39.5 Å². The summed E-state index contributed by atoms with van der Waals surface area (Å²) in [6, 6.07) is 2.19. The number of rotatable bonds is 15. The SMILES string of the molecule is C[Si](C)(C)CCOCn1ccnc1CC(Cc1nccn1COCC[Si](C)(C)C)C(=O)O. The Hall–Kier alpha value is -1.76. The molecule has 0 bridgehead atoms. The van der Waals surface area contributed by atoms with Crippen molar-refractivity contribution in [1.29, 1.82) is 0 Å². The summed E-state index contributed by atoms with van der Waals surface area (Å²) in [5, 5.41) is 9.83. The zero-order valence-electron chi connectivity index (χ0n) is 20.5. The van der Waals surface area contributed by atoms with Gasteiger partial charge in [-0.05, 0) is 12.1 Å². The number of imidazole rings is 2. The van der Waals surface area contributed by atoms with E-state index in [1.54, 1.807) is 12.4 Å². The summed E-state index contributed by atoms with van der Waals surface area (Å²) in [5.74, 6) is -0.0422. The van der Waals surface area contributed by atoms with Crippen molar-refractivity contribution in [1.82, 2.24) is 19.1 Å². The minimum Gasteiger partial charge on any atom is -0.481 e. The van der Waals surface area contributed by atoms with Crippen molar-refractivity contribution < 1.29 is 19.4 Å². The summed E-state index contributed by atoms with van der Waals surface area (Å²) in [4.78, 5) is 20.8. The molecule has 0 aliphatic carbocycles. The van der Waals surface area contributed by atoms with Crippen molar-refractivity contribution in [3.63, 3.8) is 0 Å². The lowest BCUT2D eigenvalue weighted by atomic mass is 10.0. The minimum absolute atomic E-state index is 0.322. The Morgan fingerprint density at radius 3 is 1.62 bits per heavy atom. The third kappa shape index (κ3) is 9.80. The maximum Gasteiger partial charge on any atom is 0.307 e. The summed E-state index contributed by atoms with van der Waals surface area (Å²) in [7, 11) is -2.29. The standard InChI is InChI=1S/C22H40N4O4Si2/c1-31(2,3)13-11-29-17-25-9-7-23-20(25)15-19(22(27)28)16-21-24-8-10-26(21)18-30-12-14-32(4,5)6/h7-10,19H,11-18H2,1-6H3,(H,27,28). The highest BCUT2D eigenvalue weighted by molar-refractivity contribution is 6.76. The number of carboxylic acids is 1. The van der Waals surface area contributed by atoms with Crippen LogP contribution in [0.3, 0.4) is 0 Å². The highest BCUT2D eigenvalue weighted by Gasteiger charge is 2.23. The Balaban J connectivity index is 1.93. The number of nitrogens with zero attached hydrogens (tertiary/aromatic N) is 4. The highest BCUT2D eigenvalue weighted by Crippen LogP contribution is 2.15. The first-order valence-electron chi connectivity index (χ1n) is 11.3. The summed E-state index contributed by atoms with van der Waals surface area (Å²) in [6.07, 6.45) is 7.73. The Morgan fingerprint density at radius 1 is 0.875 bits per heavy atom. The Labute approximate surface area is 194 Å². The topological polar surface area (TPSA) is 91.4 Å². The second kappa shape index (κ2) is 11.9. The van der Waals surface area contributed by atoms with Crippen molar-refractivity contribution in [3.8, 4) is 0 Å². The van der Waals surface area contributed by atoms with E-state index in [9.17, 15) is 9.90 Å². The average molecular weight is 481 g/mol. The van der Waals surface area contributed by atoms with Crippen molar-refractivity contribution >= 4 is 22.1 Å². The molecule has 0 aliphatic heterocycles. The normalized spacial score (nSPS) is 12.6. The number of ether oxygens (including phenoxy) is 2. The van der Waals surface area contributed by atoms with Gasteiger partial charge in [-0.25, -0.2) is 9.97 Å². The van der Waals surface area contributed by atoms with Crippen molar-refractivity contribution in [2.24, 2.45) is 5.92 Å². The van der Waals surface area contributed by atoms with Gasteiger partial charge in [0.1, 0.15) is 25.1 Å². The first kappa shape index (κ1) is 26.5. The van der Waals surface area contributed by atoms with Crippen molar-refractivity contribution in [2.45, 2.75) is 77.7 Å². The molecule has 180 valence electrons. The predicted molar refractivity (Wildman–Crippen MR) is 131 cm³/mol. The molecule has 0 spiro atoms. The molecule has 0 saturated carbocycles. The van der Waals surface area contributed by atoms with E-state index >= 15 is 0 Å². The van der Waals surface area contributed by atoms with Gasteiger partial charge in [0.15, 0.2) is 0 Å². The number of carbonyl (C=O) groups is 1. The zero-order valence-corrected chi connectivity index (χ0v) is 22.5. The van der Waals surface area contributed by atoms with E-state index in [-0.39, 0.29) is 0 Å². The lowest BCUT2D eigenvalue weighted by Gasteiger charge is -2.18.